The Bertz CT molecular complexity index is 526. The molecule has 0 spiro atoms. The molecule has 1 aliphatic rings. The van der Waals surface area contributed by atoms with Crippen molar-refractivity contribution in [3.05, 3.63) is 19.1 Å². The summed E-state index contributed by atoms with van der Waals surface area (Å²) in [6.07, 6.45) is -2.89. The average molecular weight is 297 g/mol. The molecule has 116 valence electrons. The number of nitrogen functional groups attached to an aromatic ring is 2. The van der Waals surface area contributed by atoms with E-state index >= 15 is 0 Å². The highest BCUT2D eigenvalue weighted by Crippen LogP contribution is 2.32. The van der Waals surface area contributed by atoms with Crippen molar-refractivity contribution in [1.82, 2.24) is 9.97 Å². The molecule has 5 atom stereocenters. The van der Waals surface area contributed by atoms with Gasteiger partial charge in [0.05, 0.1) is 6.10 Å². The molecule has 1 aromatic heterocycles. The van der Waals surface area contributed by atoms with E-state index in [1.165, 1.54) is 24.4 Å². The first-order chi connectivity index (χ1) is 9.88. The smallest absolute Gasteiger partial charge is 0.164 e. The number of aromatic nitrogens is 2. The number of anilines is 3. The van der Waals surface area contributed by atoms with Gasteiger partial charge < -0.3 is 36.4 Å². The monoisotopic (exact) mass is 297 g/mol. The molecule has 0 amide bonds. The molecule has 7 N–H and O–H groups in total. The topological polar surface area (TPSA) is 151 Å². The van der Waals surface area contributed by atoms with E-state index in [9.17, 15) is 15.3 Å². The van der Waals surface area contributed by atoms with Crippen LogP contribution in [0.15, 0.2) is 19.1 Å². The number of rotatable bonds is 4. The van der Waals surface area contributed by atoms with Gasteiger partial charge in [-0.15, -0.1) is 0 Å². The van der Waals surface area contributed by atoms with E-state index in [0.717, 1.165) is 0 Å². The van der Waals surface area contributed by atoms with Crippen LogP contribution in [0.2, 0.25) is 0 Å². The summed E-state index contributed by atoms with van der Waals surface area (Å²) in [6, 6.07) is 0. The third kappa shape index (κ3) is 2.63. The standard InChI is InChI=1S/C12H19N5O4/c1-3-17(11-6(13)10(14)15-4-16-11)12-8(20)7(19)9(21-12)5(2)18/h3-5,7-9,12,18-20H,1,13H2,2H3,(H2,14,15,16)/t5-,7+,8-,9-,12-/m1/s1. The lowest BCUT2D eigenvalue weighted by atomic mass is 10.1. The summed E-state index contributed by atoms with van der Waals surface area (Å²) in [4.78, 5) is 9.07. The van der Waals surface area contributed by atoms with E-state index in [2.05, 4.69) is 16.5 Å². The van der Waals surface area contributed by atoms with Crippen LogP contribution in [0.5, 0.6) is 0 Å². The summed E-state index contributed by atoms with van der Waals surface area (Å²) in [7, 11) is 0. The van der Waals surface area contributed by atoms with Crippen LogP contribution in [0, 0.1) is 0 Å². The van der Waals surface area contributed by atoms with Gasteiger partial charge in [-0.25, -0.2) is 9.97 Å². The van der Waals surface area contributed by atoms with Gasteiger partial charge in [-0.05, 0) is 6.92 Å². The Labute approximate surface area is 121 Å². The van der Waals surface area contributed by atoms with E-state index in [4.69, 9.17) is 16.2 Å². The molecule has 0 aromatic carbocycles. The first-order valence-electron chi connectivity index (χ1n) is 6.35. The molecule has 0 saturated carbocycles. The van der Waals surface area contributed by atoms with E-state index in [1.54, 1.807) is 0 Å². The van der Waals surface area contributed by atoms with E-state index in [1.807, 2.05) is 0 Å². The number of hydrogen-bond acceptors (Lipinski definition) is 9. The largest absolute Gasteiger partial charge is 0.393 e. The van der Waals surface area contributed by atoms with Gasteiger partial charge in [-0.2, -0.15) is 0 Å². The molecule has 1 fully saturated rings. The second kappa shape index (κ2) is 5.82. The maximum atomic E-state index is 10.1. The molecule has 1 aliphatic heterocycles. The Morgan fingerprint density at radius 2 is 2.05 bits per heavy atom. The molecule has 9 nitrogen and oxygen atoms in total. The summed E-state index contributed by atoms with van der Waals surface area (Å²) in [5, 5.41) is 29.6. The van der Waals surface area contributed by atoms with Gasteiger partial charge in [-0.1, -0.05) is 6.58 Å². The average Bonchev–Trinajstić information content (AvgIpc) is 2.73. The van der Waals surface area contributed by atoms with Crippen molar-refractivity contribution in [2.75, 3.05) is 16.4 Å². The van der Waals surface area contributed by atoms with Gasteiger partial charge in [0, 0.05) is 6.20 Å². The number of hydrogen-bond donors (Lipinski definition) is 5. The van der Waals surface area contributed by atoms with Crippen LogP contribution < -0.4 is 16.4 Å². The van der Waals surface area contributed by atoms with Crippen LogP contribution in [0.25, 0.3) is 0 Å². The predicted octanol–water partition coefficient (Wildman–Crippen LogP) is -1.58. The van der Waals surface area contributed by atoms with E-state index in [0.29, 0.717) is 0 Å². The fraction of sp³-hybridized carbons (Fsp3) is 0.500. The van der Waals surface area contributed by atoms with Crippen molar-refractivity contribution >= 4 is 17.3 Å². The molecule has 9 heteroatoms. The predicted molar refractivity (Wildman–Crippen MR) is 75.9 cm³/mol. The summed E-state index contributed by atoms with van der Waals surface area (Å²) >= 11 is 0. The lowest BCUT2D eigenvalue weighted by Gasteiger charge is -2.29. The van der Waals surface area contributed by atoms with Gasteiger partial charge in [0.25, 0.3) is 0 Å². The normalized spacial score (nSPS) is 30.1. The zero-order valence-electron chi connectivity index (χ0n) is 11.5. The molecule has 2 heterocycles. The lowest BCUT2D eigenvalue weighted by molar-refractivity contribution is -0.0568. The Morgan fingerprint density at radius 1 is 1.38 bits per heavy atom. The van der Waals surface area contributed by atoms with Gasteiger partial charge in [-0.3, -0.25) is 0 Å². The molecular formula is C12H19N5O4. The van der Waals surface area contributed by atoms with Gasteiger partial charge >= 0.3 is 0 Å². The van der Waals surface area contributed by atoms with Gasteiger partial charge in [0.1, 0.15) is 30.3 Å². The Morgan fingerprint density at radius 3 is 2.57 bits per heavy atom. The van der Waals surface area contributed by atoms with Crippen molar-refractivity contribution in [2.45, 2.75) is 37.6 Å². The molecule has 1 aromatic rings. The SMILES string of the molecule is C=CN(c1ncnc(N)c1N)[C@@H]1O[C@H]([C@@H](C)O)[C@@H](O)[C@H]1O. The zero-order valence-corrected chi connectivity index (χ0v) is 11.5. The van der Waals surface area contributed by atoms with E-state index < -0.39 is 30.6 Å². The third-order valence-corrected chi connectivity index (χ3v) is 3.36. The highest BCUT2D eigenvalue weighted by atomic mass is 16.6. The third-order valence-electron chi connectivity index (χ3n) is 3.36. The van der Waals surface area contributed by atoms with Gasteiger partial charge in [0.2, 0.25) is 0 Å². The number of aliphatic hydroxyl groups is 3. The Kier molecular flexibility index (Phi) is 4.28. The fourth-order valence-electron chi connectivity index (χ4n) is 2.23. The van der Waals surface area contributed by atoms with Crippen LogP contribution in [-0.4, -0.2) is 55.9 Å². The second-order valence-corrected chi connectivity index (χ2v) is 4.80. The summed E-state index contributed by atoms with van der Waals surface area (Å²) in [5.41, 5.74) is 11.5. The Balaban J connectivity index is 2.34. The van der Waals surface area contributed by atoms with Crippen molar-refractivity contribution < 1.29 is 20.1 Å². The molecular weight excluding hydrogens is 278 g/mol. The first-order valence-corrected chi connectivity index (χ1v) is 6.35. The minimum absolute atomic E-state index is 0.0759. The fourth-order valence-corrected chi connectivity index (χ4v) is 2.23. The summed E-state index contributed by atoms with van der Waals surface area (Å²) in [6.45, 7) is 5.07. The number of nitrogens with zero attached hydrogens (tertiary/aromatic N) is 3. The van der Waals surface area contributed by atoms with Crippen LogP contribution in [0.1, 0.15) is 6.92 Å². The van der Waals surface area contributed by atoms with Crippen LogP contribution in [0.3, 0.4) is 0 Å². The molecule has 0 bridgehead atoms. The second-order valence-electron chi connectivity index (χ2n) is 4.80. The Hall–Kier alpha value is -1.94. The van der Waals surface area contributed by atoms with E-state index in [-0.39, 0.29) is 17.3 Å². The van der Waals surface area contributed by atoms with Crippen molar-refractivity contribution in [2.24, 2.45) is 0 Å². The molecule has 1 saturated heterocycles. The molecule has 2 rings (SSSR count). The van der Waals surface area contributed by atoms with Crippen LogP contribution in [-0.2, 0) is 4.74 Å². The number of nitrogens with two attached hydrogens (primary N) is 2. The quantitative estimate of drug-likeness (QED) is 0.443. The maximum Gasteiger partial charge on any atom is 0.164 e. The summed E-state index contributed by atoms with van der Waals surface area (Å²) in [5.74, 6) is 0.270. The van der Waals surface area contributed by atoms with Crippen LogP contribution in [0.4, 0.5) is 17.3 Å². The zero-order chi connectivity index (χ0) is 15.7. The van der Waals surface area contributed by atoms with Gasteiger partial charge in [0.15, 0.2) is 17.9 Å². The number of ether oxygens (including phenoxy) is 1. The van der Waals surface area contributed by atoms with Crippen molar-refractivity contribution in [1.29, 1.82) is 0 Å². The molecule has 21 heavy (non-hydrogen) atoms. The first kappa shape index (κ1) is 15.4. The molecule has 0 aliphatic carbocycles. The molecule has 0 unspecified atom stereocenters. The minimum atomic E-state index is -1.28. The van der Waals surface area contributed by atoms with Crippen LogP contribution >= 0.6 is 0 Å². The highest BCUT2D eigenvalue weighted by molar-refractivity contribution is 5.74. The number of aliphatic hydroxyl groups excluding tert-OH is 3. The summed E-state index contributed by atoms with van der Waals surface area (Å²) < 4.78 is 5.50. The van der Waals surface area contributed by atoms with Crippen molar-refractivity contribution in [3.63, 3.8) is 0 Å². The lowest BCUT2D eigenvalue weighted by Crippen LogP contribution is -2.42. The minimum Gasteiger partial charge on any atom is -0.393 e. The maximum absolute atomic E-state index is 10.1. The highest BCUT2D eigenvalue weighted by Gasteiger charge is 2.47. The molecule has 0 radical (unpaired) electrons. The van der Waals surface area contributed by atoms with Crippen molar-refractivity contribution in [3.8, 4) is 0 Å².